The van der Waals surface area contributed by atoms with Gasteiger partial charge in [0.25, 0.3) is 0 Å². The van der Waals surface area contributed by atoms with Crippen LogP contribution in [0.1, 0.15) is 0 Å². The third-order valence-electron chi connectivity index (χ3n) is 0.655. The minimum Gasteiger partial charge on any atom is -0.122 e. The second-order valence-electron chi connectivity index (χ2n) is 1.09. The molecule has 1 heterocycles. The van der Waals surface area contributed by atoms with Gasteiger partial charge in [0.15, 0.2) is 0 Å². The average Bonchev–Trinajstić information content (AvgIpc) is 1.76. The van der Waals surface area contributed by atoms with Crippen LogP contribution >= 0.6 is 0 Å². The molecular weight excluding hydrogens is 124 g/mol. The van der Waals surface area contributed by atoms with E-state index in [0.717, 1.165) is 24.9 Å². The SMILES string of the molecule is C1=[SiH][SiH]=[SiH][SiH2]1. The second kappa shape index (κ2) is 2.01. The summed E-state index contributed by atoms with van der Waals surface area (Å²) in [6.45, 7) is 0. The van der Waals surface area contributed by atoms with Crippen molar-refractivity contribution in [2.75, 3.05) is 0 Å². The molecule has 0 bridgehead atoms. The number of hydrogen-bond acceptors (Lipinski definition) is 0. The van der Waals surface area contributed by atoms with Crippen molar-refractivity contribution in [1.82, 2.24) is 0 Å². The van der Waals surface area contributed by atoms with Gasteiger partial charge in [-0.2, -0.15) is 0 Å². The summed E-state index contributed by atoms with van der Waals surface area (Å²) in [5.74, 6) is 0. The Bertz CT molecular complexity index is 61.7. The van der Waals surface area contributed by atoms with Gasteiger partial charge in [-0.3, -0.25) is 0 Å². The summed E-state index contributed by atoms with van der Waals surface area (Å²) in [7, 11) is 3.79. The lowest BCUT2D eigenvalue weighted by molar-refractivity contribution is 3.94. The largest absolute Gasteiger partial charge is 0.122 e. The molecule has 1 aliphatic heterocycles. The summed E-state index contributed by atoms with van der Waals surface area (Å²) < 4.78 is 0. The Morgan fingerprint density at radius 2 is 2.60 bits per heavy atom. The lowest BCUT2D eigenvalue weighted by Gasteiger charge is -1.54. The third-order valence-corrected chi connectivity index (χ3v) is 25.0. The van der Waals surface area contributed by atoms with Crippen molar-refractivity contribution in [2.24, 2.45) is 0 Å². The molecule has 0 saturated carbocycles. The van der Waals surface area contributed by atoms with Crippen LogP contribution in [-0.4, -0.2) is 39.2 Å². The van der Waals surface area contributed by atoms with Crippen LogP contribution in [-0.2, 0) is 0 Å². The van der Waals surface area contributed by atoms with Crippen LogP contribution in [0.4, 0.5) is 0 Å². The van der Waals surface area contributed by atoms with Crippen LogP contribution in [0, 0.1) is 0 Å². The molecule has 0 aliphatic carbocycles. The fourth-order valence-electron chi connectivity index (χ4n) is 0.393. The summed E-state index contributed by atoms with van der Waals surface area (Å²) in [4.78, 5) is 0. The Labute approximate surface area is 39.8 Å². The Kier molecular flexibility index (Phi) is 1.57. The average molecular weight is 130 g/mol. The van der Waals surface area contributed by atoms with Gasteiger partial charge in [0, 0.05) is 9.04 Å². The molecule has 26 valence electrons. The predicted octanol–water partition coefficient (Wildman–Crippen LogP) is -3.02. The smallest absolute Gasteiger partial charge is 0.0423 e. The first-order chi connectivity index (χ1) is 2.50. The first kappa shape index (κ1) is 3.91. The van der Waals surface area contributed by atoms with Crippen LogP contribution in [0.3, 0.4) is 0 Å². The quantitative estimate of drug-likeness (QED) is 0.306. The zero-order valence-corrected chi connectivity index (χ0v) is 7.89. The first-order valence-electron chi connectivity index (χ1n) is 1.82. The van der Waals surface area contributed by atoms with Gasteiger partial charge in [-0.1, -0.05) is 0 Å². The molecule has 0 radical (unpaired) electrons. The number of rotatable bonds is 0. The Balaban J connectivity index is 2.61. The summed E-state index contributed by atoms with van der Waals surface area (Å²) in [6.07, 6.45) is 0. The standard InChI is InChI=1S/CH6Si4/c1-2-4-5-3-1/h1-2,4-5H,3H2. The van der Waals surface area contributed by atoms with E-state index in [-0.39, 0.29) is 0 Å². The molecule has 1 rings (SSSR count). The van der Waals surface area contributed by atoms with Crippen molar-refractivity contribution in [1.29, 1.82) is 0 Å². The van der Waals surface area contributed by atoms with Crippen LogP contribution in [0.25, 0.3) is 0 Å². The molecule has 4 heteroatoms. The molecule has 0 aromatic rings. The Morgan fingerprint density at radius 3 is 2.80 bits per heavy atom. The summed E-state index contributed by atoms with van der Waals surface area (Å²) >= 11 is 0. The minimum atomic E-state index is 0.576. The van der Waals surface area contributed by atoms with Gasteiger partial charge in [-0.15, -0.1) is 5.30 Å². The van der Waals surface area contributed by atoms with E-state index < -0.39 is 0 Å². The molecule has 1 aliphatic rings. The monoisotopic (exact) mass is 130 g/mol. The Morgan fingerprint density at radius 1 is 1.60 bits per heavy atom. The second-order valence-corrected chi connectivity index (χ2v) is 17.5. The topological polar surface area (TPSA) is 0 Å². The molecule has 0 spiro atoms. The van der Waals surface area contributed by atoms with E-state index in [0.29, 0.717) is 9.04 Å². The maximum absolute atomic E-state index is 2.66. The molecule has 5 heavy (non-hydrogen) atoms. The molecule has 0 saturated heterocycles. The highest BCUT2D eigenvalue weighted by atomic mass is 29.5. The molecule has 0 fully saturated rings. The van der Waals surface area contributed by atoms with Crippen molar-refractivity contribution in [2.45, 2.75) is 0 Å². The van der Waals surface area contributed by atoms with Gasteiger partial charge in [-0.05, 0) is 24.9 Å². The van der Waals surface area contributed by atoms with Crippen molar-refractivity contribution >= 4 is 39.2 Å². The fourth-order valence-corrected chi connectivity index (χ4v) is 31.8. The van der Waals surface area contributed by atoms with Crippen molar-refractivity contribution in [3.63, 3.8) is 0 Å². The van der Waals surface area contributed by atoms with E-state index in [2.05, 4.69) is 5.30 Å². The van der Waals surface area contributed by atoms with Crippen molar-refractivity contribution in [3.8, 4) is 0 Å². The lowest BCUT2D eigenvalue weighted by atomic mass is 11.9. The van der Waals surface area contributed by atoms with Crippen LogP contribution in [0.15, 0.2) is 0 Å². The van der Waals surface area contributed by atoms with E-state index in [1.807, 2.05) is 0 Å². The highest BCUT2D eigenvalue weighted by Crippen LogP contribution is 1.42. The zero-order chi connectivity index (χ0) is 3.54. The number of hydrogen-bond donors (Lipinski definition) is 0. The predicted molar refractivity (Wildman–Crippen MR) is 36.1 cm³/mol. The van der Waals surface area contributed by atoms with Gasteiger partial charge in [-0.25, -0.2) is 0 Å². The lowest BCUT2D eigenvalue weighted by Crippen LogP contribution is -1.87. The van der Waals surface area contributed by atoms with Gasteiger partial charge in [0.2, 0.25) is 0 Å². The van der Waals surface area contributed by atoms with Gasteiger partial charge < -0.3 is 0 Å². The van der Waals surface area contributed by atoms with Crippen molar-refractivity contribution < 1.29 is 0 Å². The molecule has 0 aromatic carbocycles. The normalized spacial score (nSPS) is 22.4. The highest BCUT2D eigenvalue weighted by molar-refractivity contribution is 7.42. The van der Waals surface area contributed by atoms with Crippen molar-refractivity contribution in [3.05, 3.63) is 0 Å². The summed E-state index contributed by atoms with van der Waals surface area (Å²) in [5.41, 5.74) is 0. The molecular formula is CH6Si4. The maximum Gasteiger partial charge on any atom is 0.0423 e. The van der Waals surface area contributed by atoms with Gasteiger partial charge in [0.1, 0.15) is 0 Å². The zero-order valence-electron chi connectivity index (χ0n) is 3.02. The van der Waals surface area contributed by atoms with E-state index in [4.69, 9.17) is 0 Å². The molecule has 0 aromatic heterocycles. The van der Waals surface area contributed by atoms with E-state index in [1.165, 1.54) is 0 Å². The van der Waals surface area contributed by atoms with E-state index >= 15 is 0 Å². The Hall–Kier alpha value is 0.738. The van der Waals surface area contributed by atoms with Crippen LogP contribution in [0.2, 0.25) is 0 Å². The summed E-state index contributed by atoms with van der Waals surface area (Å²) in [6, 6.07) is 0. The molecule has 0 N–H and O–H groups in total. The van der Waals surface area contributed by atoms with E-state index in [9.17, 15) is 0 Å². The maximum atomic E-state index is 2.66. The third kappa shape index (κ3) is 1.08. The molecule has 0 nitrogen and oxygen atoms in total. The molecule has 0 amide bonds. The van der Waals surface area contributed by atoms with Crippen LogP contribution < -0.4 is 0 Å². The molecule has 0 unspecified atom stereocenters. The highest BCUT2D eigenvalue weighted by Gasteiger charge is 1.75. The van der Waals surface area contributed by atoms with Crippen LogP contribution in [0.5, 0.6) is 0 Å². The fraction of sp³-hybridized carbons (Fsp3) is 0. The van der Waals surface area contributed by atoms with Gasteiger partial charge >= 0.3 is 0 Å². The summed E-state index contributed by atoms with van der Waals surface area (Å²) in [5, 5.41) is 2.66. The minimum absolute atomic E-state index is 0.576. The van der Waals surface area contributed by atoms with E-state index in [1.54, 1.807) is 0 Å². The molecule has 0 atom stereocenters. The first-order valence-corrected chi connectivity index (χ1v) is 11.9. The van der Waals surface area contributed by atoms with Gasteiger partial charge in [0.05, 0.1) is 0 Å².